The number of fused-ring (bicyclic) bond motifs is 2. The van der Waals surface area contributed by atoms with E-state index in [1.165, 1.54) is 0 Å². The molecule has 0 aromatic heterocycles. The molecule has 2 fully saturated rings. The van der Waals surface area contributed by atoms with Crippen LogP contribution < -0.4 is 0 Å². The molecule has 2 N–H and O–H groups in total. The zero-order valence-corrected chi connectivity index (χ0v) is 10.8. The normalized spacial score (nSPS) is 48.1. The summed E-state index contributed by atoms with van der Waals surface area (Å²) in [6.45, 7) is 0. The van der Waals surface area contributed by atoms with Gasteiger partial charge >= 0.3 is 11.9 Å². The van der Waals surface area contributed by atoms with Gasteiger partial charge in [0.1, 0.15) is 0 Å². The van der Waals surface area contributed by atoms with E-state index in [0.29, 0.717) is 6.42 Å². The van der Waals surface area contributed by atoms with Crippen LogP contribution in [0.4, 0.5) is 0 Å². The molecule has 2 aliphatic rings. The Morgan fingerprint density at radius 2 is 1.27 bits per heavy atom. The lowest BCUT2D eigenvalue weighted by Crippen LogP contribution is -2.43. The van der Waals surface area contributed by atoms with E-state index in [0.717, 1.165) is 0 Å². The summed E-state index contributed by atoms with van der Waals surface area (Å²) in [5.74, 6) is -3.61. The molecule has 0 unspecified atom stereocenters. The van der Waals surface area contributed by atoms with Crippen molar-refractivity contribution in [3.63, 3.8) is 0 Å². The summed E-state index contributed by atoms with van der Waals surface area (Å²) in [5, 5.41) is 18.1. The highest BCUT2D eigenvalue weighted by Crippen LogP contribution is 2.57. The highest BCUT2D eigenvalue weighted by atomic mass is 79.9. The molecule has 4 nitrogen and oxygen atoms in total. The fourth-order valence-corrected chi connectivity index (χ4v) is 4.82. The molecule has 0 radical (unpaired) electrons. The number of aliphatic carboxylic acids is 2. The van der Waals surface area contributed by atoms with Crippen LogP contribution in [0.25, 0.3) is 0 Å². The Kier molecular flexibility index (Phi) is 2.83. The van der Waals surface area contributed by atoms with Gasteiger partial charge in [-0.15, -0.1) is 0 Å². The Bertz CT molecular complexity index is 289. The third-order valence-corrected chi connectivity index (χ3v) is 6.75. The van der Waals surface area contributed by atoms with Crippen LogP contribution in [0.2, 0.25) is 0 Å². The maximum absolute atomic E-state index is 11.1. The summed E-state index contributed by atoms with van der Waals surface area (Å²) in [4.78, 5) is 22.3. The van der Waals surface area contributed by atoms with Crippen LogP contribution in [-0.4, -0.2) is 31.8 Å². The molecule has 2 rings (SSSR count). The van der Waals surface area contributed by atoms with Crippen molar-refractivity contribution < 1.29 is 19.8 Å². The molecule has 2 bridgehead atoms. The number of hydrogen-bond acceptors (Lipinski definition) is 2. The first-order valence-electron chi connectivity index (χ1n) is 4.69. The second-order valence-corrected chi connectivity index (χ2v) is 6.29. The maximum atomic E-state index is 11.1. The van der Waals surface area contributed by atoms with Crippen molar-refractivity contribution in [2.24, 2.45) is 23.7 Å². The van der Waals surface area contributed by atoms with E-state index >= 15 is 0 Å². The van der Waals surface area contributed by atoms with E-state index in [4.69, 9.17) is 10.2 Å². The molecular formula is C9H10Br2O4. The summed E-state index contributed by atoms with van der Waals surface area (Å²) in [5.41, 5.74) is 0. The van der Waals surface area contributed by atoms with Gasteiger partial charge in [-0.25, -0.2) is 0 Å². The van der Waals surface area contributed by atoms with Crippen LogP contribution in [0.5, 0.6) is 0 Å². The van der Waals surface area contributed by atoms with E-state index in [1.54, 1.807) is 0 Å². The lowest BCUT2D eigenvalue weighted by Gasteiger charge is -2.31. The molecule has 2 saturated carbocycles. The number of rotatable bonds is 2. The summed E-state index contributed by atoms with van der Waals surface area (Å²) >= 11 is 6.89. The van der Waals surface area contributed by atoms with Crippen LogP contribution in [0.1, 0.15) is 6.42 Å². The van der Waals surface area contributed by atoms with E-state index in [1.807, 2.05) is 0 Å². The summed E-state index contributed by atoms with van der Waals surface area (Å²) in [7, 11) is 0. The molecule has 0 saturated heterocycles. The van der Waals surface area contributed by atoms with Crippen LogP contribution in [0, 0.1) is 23.7 Å². The lowest BCUT2D eigenvalue weighted by atomic mass is 9.79. The fourth-order valence-electron chi connectivity index (χ4n) is 2.94. The first-order valence-corrected chi connectivity index (χ1v) is 6.52. The van der Waals surface area contributed by atoms with Crippen molar-refractivity contribution in [3.8, 4) is 0 Å². The van der Waals surface area contributed by atoms with Gasteiger partial charge in [-0.2, -0.15) is 0 Å². The minimum Gasteiger partial charge on any atom is -0.481 e. The summed E-state index contributed by atoms with van der Waals surface area (Å²) in [6.07, 6.45) is 0.680. The fraction of sp³-hybridized carbons (Fsp3) is 0.778. The Morgan fingerprint density at radius 3 is 1.53 bits per heavy atom. The van der Waals surface area contributed by atoms with Crippen LogP contribution >= 0.6 is 31.9 Å². The van der Waals surface area contributed by atoms with E-state index in [-0.39, 0.29) is 21.5 Å². The van der Waals surface area contributed by atoms with Gasteiger partial charge in [-0.05, 0) is 18.3 Å². The lowest BCUT2D eigenvalue weighted by molar-refractivity contribution is -0.155. The largest absolute Gasteiger partial charge is 0.481 e. The summed E-state index contributed by atoms with van der Waals surface area (Å²) < 4.78 is 0. The molecule has 15 heavy (non-hydrogen) atoms. The van der Waals surface area contributed by atoms with Gasteiger partial charge in [-0.1, -0.05) is 31.9 Å². The third kappa shape index (κ3) is 1.53. The Hall–Kier alpha value is -0.100. The second kappa shape index (κ2) is 3.73. The highest BCUT2D eigenvalue weighted by molar-refractivity contribution is 9.12. The van der Waals surface area contributed by atoms with Crippen molar-refractivity contribution in [3.05, 3.63) is 0 Å². The van der Waals surface area contributed by atoms with Crippen LogP contribution in [-0.2, 0) is 9.59 Å². The molecule has 0 aromatic carbocycles. The smallest absolute Gasteiger partial charge is 0.307 e. The maximum Gasteiger partial charge on any atom is 0.307 e. The highest BCUT2D eigenvalue weighted by Gasteiger charge is 2.61. The Balaban J connectivity index is 2.32. The minimum absolute atomic E-state index is 0.0687. The van der Waals surface area contributed by atoms with Crippen molar-refractivity contribution in [1.82, 2.24) is 0 Å². The van der Waals surface area contributed by atoms with Crippen molar-refractivity contribution in [1.29, 1.82) is 0 Å². The number of alkyl halides is 2. The SMILES string of the molecule is O=C(O)[C@@H]1[C@H]2C[C@H]([C@H](Br)[C@@H]2Br)[C@@H]1C(=O)O. The standard InChI is InChI=1S/C9H10Br2O4/c10-6-2-1-3(7(6)11)5(9(14)15)4(2)8(12)13/h2-7H,1H2,(H,12,13)(H,14,15)/t2-,3+,4-,5+,6-,7+. The van der Waals surface area contributed by atoms with Crippen molar-refractivity contribution in [2.45, 2.75) is 16.1 Å². The van der Waals surface area contributed by atoms with Gasteiger partial charge in [-0.3, -0.25) is 9.59 Å². The molecule has 0 aromatic rings. The van der Waals surface area contributed by atoms with E-state index in [2.05, 4.69) is 31.9 Å². The molecule has 6 heteroatoms. The average molecular weight is 342 g/mol. The van der Waals surface area contributed by atoms with Gasteiger partial charge in [0.15, 0.2) is 0 Å². The van der Waals surface area contributed by atoms with Crippen LogP contribution in [0.3, 0.4) is 0 Å². The quantitative estimate of drug-likeness (QED) is 0.747. The van der Waals surface area contributed by atoms with Gasteiger partial charge in [0.2, 0.25) is 0 Å². The number of halogens is 2. The predicted molar refractivity (Wildman–Crippen MR) is 59.3 cm³/mol. The predicted octanol–water partition coefficient (Wildman–Crippen LogP) is 1.56. The summed E-state index contributed by atoms with van der Waals surface area (Å²) in [6, 6.07) is 0. The topological polar surface area (TPSA) is 74.6 Å². The molecule has 84 valence electrons. The number of carbonyl (C=O) groups is 2. The number of carboxylic acid groups (broad SMARTS) is 2. The Morgan fingerprint density at radius 1 is 0.933 bits per heavy atom. The second-order valence-electron chi connectivity index (χ2n) is 4.18. The molecule has 0 amide bonds. The van der Waals surface area contributed by atoms with E-state index < -0.39 is 23.8 Å². The first-order chi connectivity index (χ1) is 6.95. The van der Waals surface area contributed by atoms with Gasteiger partial charge in [0.05, 0.1) is 11.8 Å². The minimum atomic E-state index is -0.987. The van der Waals surface area contributed by atoms with Crippen LogP contribution in [0.15, 0.2) is 0 Å². The van der Waals surface area contributed by atoms with Crippen molar-refractivity contribution >= 4 is 43.8 Å². The third-order valence-electron chi connectivity index (χ3n) is 3.55. The van der Waals surface area contributed by atoms with Gasteiger partial charge < -0.3 is 10.2 Å². The van der Waals surface area contributed by atoms with Gasteiger partial charge in [0.25, 0.3) is 0 Å². The molecule has 0 spiro atoms. The molecule has 6 atom stereocenters. The van der Waals surface area contributed by atoms with Gasteiger partial charge in [0, 0.05) is 9.65 Å². The zero-order valence-electron chi connectivity index (χ0n) is 7.64. The zero-order chi connectivity index (χ0) is 11.3. The number of hydrogen-bond donors (Lipinski definition) is 2. The molecular weight excluding hydrogens is 332 g/mol. The van der Waals surface area contributed by atoms with Crippen molar-refractivity contribution in [2.75, 3.05) is 0 Å². The number of carboxylic acids is 2. The monoisotopic (exact) mass is 340 g/mol. The first kappa shape index (κ1) is 11.4. The average Bonchev–Trinajstić information content (AvgIpc) is 2.64. The molecule has 2 aliphatic carbocycles. The molecule has 0 heterocycles. The molecule has 0 aliphatic heterocycles. The Labute approximate surface area is 103 Å². The van der Waals surface area contributed by atoms with E-state index in [9.17, 15) is 9.59 Å².